The highest BCUT2D eigenvalue weighted by atomic mass is 16.2. The Hall–Kier alpha value is -2.82. The van der Waals surface area contributed by atoms with E-state index in [0.29, 0.717) is 12.1 Å². The predicted octanol–water partition coefficient (Wildman–Crippen LogP) is 5.24. The molecule has 1 N–H and O–H groups in total. The lowest BCUT2D eigenvalue weighted by molar-refractivity contribution is -0.122. The van der Waals surface area contributed by atoms with Crippen LogP contribution in [0.1, 0.15) is 61.0 Å². The Kier molecular flexibility index (Phi) is 7.37. The summed E-state index contributed by atoms with van der Waals surface area (Å²) in [6.45, 7) is 6.68. The maximum absolute atomic E-state index is 13.4. The quantitative estimate of drug-likeness (QED) is 0.634. The molecule has 5 nitrogen and oxygen atoms in total. The van der Waals surface area contributed by atoms with Crippen LogP contribution in [0.5, 0.6) is 0 Å². The van der Waals surface area contributed by atoms with Gasteiger partial charge in [-0.3, -0.25) is 9.59 Å². The number of amides is 2. The van der Waals surface area contributed by atoms with Crippen LogP contribution in [0.15, 0.2) is 42.5 Å². The van der Waals surface area contributed by atoms with Gasteiger partial charge in [0.1, 0.15) is 0 Å². The Balaban J connectivity index is 1.90. The number of anilines is 2. The molecule has 0 saturated heterocycles. The lowest BCUT2D eigenvalue weighted by atomic mass is 9.85. The van der Waals surface area contributed by atoms with Gasteiger partial charge in [-0.15, -0.1) is 0 Å². The van der Waals surface area contributed by atoms with Gasteiger partial charge in [0.05, 0.1) is 0 Å². The Morgan fingerprint density at radius 3 is 2.45 bits per heavy atom. The summed E-state index contributed by atoms with van der Waals surface area (Å²) in [5, 5.41) is 3.07. The van der Waals surface area contributed by atoms with Crippen molar-refractivity contribution in [2.75, 3.05) is 24.3 Å². The lowest BCUT2D eigenvalue weighted by Crippen LogP contribution is -2.38. The van der Waals surface area contributed by atoms with Gasteiger partial charge in [0, 0.05) is 49.5 Å². The van der Waals surface area contributed by atoms with E-state index in [-0.39, 0.29) is 23.8 Å². The Bertz CT molecular complexity index is 934. The first kappa shape index (κ1) is 22.9. The molecule has 3 rings (SSSR count). The molecule has 1 fully saturated rings. The summed E-state index contributed by atoms with van der Waals surface area (Å²) in [5.74, 6) is 0.271. The van der Waals surface area contributed by atoms with Gasteiger partial charge in [0.15, 0.2) is 0 Å². The van der Waals surface area contributed by atoms with E-state index >= 15 is 0 Å². The first-order chi connectivity index (χ1) is 14.8. The minimum atomic E-state index is 0.0339. The predicted molar refractivity (Wildman–Crippen MR) is 128 cm³/mol. The smallest absolute Gasteiger partial charge is 0.254 e. The molecule has 0 radical (unpaired) electrons. The topological polar surface area (TPSA) is 52.7 Å². The molecule has 0 aliphatic heterocycles. The van der Waals surface area contributed by atoms with Gasteiger partial charge in [-0.2, -0.15) is 0 Å². The lowest BCUT2D eigenvalue weighted by Gasteiger charge is -2.31. The van der Waals surface area contributed by atoms with Gasteiger partial charge in [0.2, 0.25) is 5.91 Å². The summed E-state index contributed by atoms with van der Waals surface area (Å²) in [6.07, 6.45) is 3.95. The molecule has 1 saturated carbocycles. The van der Waals surface area contributed by atoms with Crippen molar-refractivity contribution in [1.82, 2.24) is 4.90 Å². The summed E-state index contributed by atoms with van der Waals surface area (Å²) >= 11 is 0. The molecule has 1 unspecified atom stereocenters. The van der Waals surface area contributed by atoms with Crippen LogP contribution >= 0.6 is 0 Å². The second kappa shape index (κ2) is 9.99. The molecule has 1 aliphatic carbocycles. The number of nitrogens with zero attached hydrogens (tertiary/aromatic N) is 2. The molecule has 1 atom stereocenters. The molecule has 0 spiro atoms. The zero-order valence-electron chi connectivity index (χ0n) is 19.4. The number of hydrogen-bond acceptors (Lipinski definition) is 3. The van der Waals surface area contributed by atoms with E-state index in [2.05, 4.69) is 24.1 Å². The fraction of sp³-hybridized carbons (Fsp3) is 0.462. The third kappa shape index (κ3) is 5.46. The summed E-state index contributed by atoms with van der Waals surface area (Å²) in [5.41, 5.74) is 4.65. The molecule has 0 bridgehead atoms. The van der Waals surface area contributed by atoms with Crippen molar-refractivity contribution in [3.05, 3.63) is 59.2 Å². The van der Waals surface area contributed by atoms with E-state index in [1.165, 1.54) is 0 Å². The van der Waals surface area contributed by atoms with Crippen molar-refractivity contribution in [1.29, 1.82) is 0 Å². The largest absolute Gasteiger partial charge is 0.377 e. The minimum absolute atomic E-state index is 0.0339. The molecule has 0 heterocycles. The molecule has 0 aromatic heterocycles. The first-order valence-electron chi connectivity index (χ1n) is 11.3. The summed E-state index contributed by atoms with van der Waals surface area (Å²) < 4.78 is 0. The molecule has 31 heavy (non-hydrogen) atoms. The molecular weight excluding hydrogens is 386 g/mol. The summed E-state index contributed by atoms with van der Waals surface area (Å²) in [7, 11) is 4.00. The Morgan fingerprint density at radius 2 is 1.87 bits per heavy atom. The van der Waals surface area contributed by atoms with Crippen molar-refractivity contribution in [2.45, 2.75) is 59.0 Å². The van der Waals surface area contributed by atoms with E-state index in [0.717, 1.165) is 48.2 Å². The third-order valence-electron chi connectivity index (χ3n) is 6.29. The number of rotatable bonds is 8. The van der Waals surface area contributed by atoms with E-state index < -0.39 is 0 Å². The van der Waals surface area contributed by atoms with Crippen molar-refractivity contribution >= 4 is 23.2 Å². The standard InChI is InChI=1S/C26H35N3O2/c1-6-19(3)29(26(31)21-12-7-9-18(2)15-21)17-22-16-23(13-14-24(22)28(4)5)27-25(30)20-10-8-11-20/h7,9,12-16,19-20H,6,8,10-11,17H2,1-5H3,(H,27,30). The summed E-state index contributed by atoms with van der Waals surface area (Å²) in [4.78, 5) is 29.9. The fourth-order valence-corrected chi connectivity index (χ4v) is 3.92. The highest BCUT2D eigenvalue weighted by molar-refractivity contribution is 5.95. The van der Waals surface area contributed by atoms with E-state index in [1.807, 2.05) is 68.4 Å². The van der Waals surface area contributed by atoms with Crippen LogP contribution in [0.2, 0.25) is 0 Å². The minimum Gasteiger partial charge on any atom is -0.377 e. The maximum Gasteiger partial charge on any atom is 0.254 e. The zero-order chi connectivity index (χ0) is 22.5. The summed E-state index contributed by atoms with van der Waals surface area (Å²) in [6, 6.07) is 13.8. The number of nitrogens with one attached hydrogen (secondary N) is 1. The van der Waals surface area contributed by atoms with Crippen LogP contribution in [0.4, 0.5) is 11.4 Å². The molecule has 166 valence electrons. The SMILES string of the molecule is CCC(C)N(Cc1cc(NC(=O)C2CCC2)ccc1N(C)C)C(=O)c1cccc(C)c1. The highest BCUT2D eigenvalue weighted by Gasteiger charge is 2.26. The fourth-order valence-electron chi connectivity index (χ4n) is 3.92. The third-order valence-corrected chi connectivity index (χ3v) is 6.29. The van der Waals surface area contributed by atoms with Crippen molar-refractivity contribution < 1.29 is 9.59 Å². The van der Waals surface area contributed by atoms with Gasteiger partial charge >= 0.3 is 0 Å². The zero-order valence-corrected chi connectivity index (χ0v) is 19.4. The second-order valence-electron chi connectivity index (χ2n) is 8.91. The van der Waals surface area contributed by atoms with Gasteiger partial charge < -0.3 is 15.1 Å². The molecule has 2 aromatic rings. The number of carbonyl (C=O) groups is 2. The average molecular weight is 422 g/mol. The van der Waals surface area contributed by atoms with E-state index in [4.69, 9.17) is 0 Å². The molecule has 1 aliphatic rings. The number of benzene rings is 2. The second-order valence-corrected chi connectivity index (χ2v) is 8.91. The van der Waals surface area contributed by atoms with Gasteiger partial charge in [-0.25, -0.2) is 0 Å². The number of carbonyl (C=O) groups excluding carboxylic acids is 2. The monoisotopic (exact) mass is 421 g/mol. The van der Waals surface area contributed by atoms with Crippen LogP contribution in [0.3, 0.4) is 0 Å². The van der Waals surface area contributed by atoms with Crippen LogP contribution in [-0.2, 0) is 11.3 Å². The highest BCUT2D eigenvalue weighted by Crippen LogP contribution is 2.30. The maximum atomic E-state index is 13.4. The van der Waals surface area contributed by atoms with Gasteiger partial charge in [0.25, 0.3) is 5.91 Å². The number of hydrogen-bond donors (Lipinski definition) is 1. The normalized spacial score (nSPS) is 14.5. The average Bonchev–Trinajstić information content (AvgIpc) is 2.69. The van der Waals surface area contributed by atoms with Crippen LogP contribution in [-0.4, -0.2) is 36.9 Å². The van der Waals surface area contributed by atoms with Crippen LogP contribution < -0.4 is 10.2 Å². The molecular formula is C26H35N3O2. The van der Waals surface area contributed by atoms with Crippen LogP contribution in [0.25, 0.3) is 0 Å². The van der Waals surface area contributed by atoms with E-state index in [9.17, 15) is 9.59 Å². The Morgan fingerprint density at radius 1 is 1.13 bits per heavy atom. The molecule has 2 aromatic carbocycles. The van der Waals surface area contributed by atoms with Crippen molar-refractivity contribution in [3.63, 3.8) is 0 Å². The van der Waals surface area contributed by atoms with E-state index in [1.54, 1.807) is 0 Å². The van der Waals surface area contributed by atoms with Crippen molar-refractivity contribution in [2.24, 2.45) is 5.92 Å². The molecule has 5 heteroatoms. The first-order valence-corrected chi connectivity index (χ1v) is 11.3. The Labute approximate surface area is 186 Å². The number of aryl methyl sites for hydroxylation is 1. The van der Waals surface area contributed by atoms with Gasteiger partial charge in [-0.05, 0) is 69.0 Å². The van der Waals surface area contributed by atoms with Gasteiger partial charge in [-0.1, -0.05) is 31.0 Å². The van der Waals surface area contributed by atoms with Crippen molar-refractivity contribution in [3.8, 4) is 0 Å². The molecule has 2 amide bonds. The van der Waals surface area contributed by atoms with Crippen LogP contribution in [0, 0.1) is 12.8 Å².